The summed E-state index contributed by atoms with van der Waals surface area (Å²) in [6.07, 6.45) is 0.532. The Labute approximate surface area is 160 Å². The van der Waals surface area contributed by atoms with Crippen molar-refractivity contribution in [2.24, 2.45) is 0 Å². The van der Waals surface area contributed by atoms with Crippen LogP contribution in [0.1, 0.15) is 48.7 Å². The molecular weight excluding hydrogens is 342 g/mol. The molecule has 0 saturated heterocycles. The molecule has 0 aliphatic carbocycles. The predicted molar refractivity (Wildman–Crippen MR) is 105 cm³/mol. The number of ether oxygens (including phenoxy) is 1. The van der Waals surface area contributed by atoms with Gasteiger partial charge in [0.1, 0.15) is 5.75 Å². The Morgan fingerprint density at radius 1 is 1.04 bits per heavy atom. The number of nitrogens with one attached hydrogen (secondary N) is 1. The normalized spacial score (nSPS) is 12.3. The van der Waals surface area contributed by atoms with Crippen molar-refractivity contribution in [3.63, 3.8) is 0 Å². The zero-order valence-corrected chi connectivity index (χ0v) is 16.3. The second kappa shape index (κ2) is 8.71. The van der Waals surface area contributed by atoms with Crippen LogP contribution in [0.2, 0.25) is 0 Å². The molecule has 2 N–H and O–H groups in total. The molecule has 0 aliphatic heterocycles. The van der Waals surface area contributed by atoms with Gasteiger partial charge in [-0.25, -0.2) is 0 Å². The number of carbonyl (C=O) groups is 2. The Morgan fingerprint density at radius 3 is 2.15 bits per heavy atom. The van der Waals surface area contributed by atoms with Gasteiger partial charge in [-0.05, 0) is 47.2 Å². The molecule has 0 aliphatic rings. The Hall–Kier alpha value is -2.82. The summed E-state index contributed by atoms with van der Waals surface area (Å²) in [5.41, 5.74) is 2.62. The number of phenolic OH excluding ortho intramolecular Hbond substituents is 1. The van der Waals surface area contributed by atoms with E-state index in [0.717, 1.165) is 11.1 Å². The van der Waals surface area contributed by atoms with E-state index >= 15 is 0 Å². The molecule has 5 heteroatoms. The van der Waals surface area contributed by atoms with Crippen LogP contribution in [0.3, 0.4) is 0 Å². The molecular formula is C22H27NO4. The van der Waals surface area contributed by atoms with Gasteiger partial charge in [0.05, 0.1) is 13.5 Å². The van der Waals surface area contributed by atoms with Crippen molar-refractivity contribution in [2.45, 2.75) is 45.1 Å². The molecule has 0 radical (unpaired) electrons. The van der Waals surface area contributed by atoms with Gasteiger partial charge in [-0.15, -0.1) is 0 Å². The number of amides is 1. The summed E-state index contributed by atoms with van der Waals surface area (Å²) in [5.74, 6) is -0.448. The number of benzene rings is 2. The van der Waals surface area contributed by atoms with Gasteiger partial charge in [-0.3, -0.25) is 9.59 Å². The molecule has 144 valence electrons. The largest absolute Gasteiger partial charge is 0.508 e. The first-order chi connectivity index (χ1) is 12.7. The highest BCUT2D eigenvalue weighted by molar-refractivity contribution is 5.94. The quantitative estimate of drug-likeness (QED) is 0.763. The lowest BCUT2D eigenvalue weighted by Crippen LogP contribution is -2.38. The minimum absolute atomic E-state index is 0.0152. The average molecular weight is 369 g/mol. The molecule has 1 atom stereocenters. The summed E-state index contributed by atoms with van der Waals surface area (Å²) in [5, 5.41) is 12.3. The molecule has 2 rings (SSSR count). The van der Waals surface area contributed by atoms with Gasteiger partial charge in [0, 0.05) is 11.6 Å². The molecule has 2 aromatic carbocycles. The molecule has 0 aromatic heterocycles. The number of rotatable bonds is 6. The summed E-state index contributed by atoms with van der Waals surface area (Å²) >= 11 is 0. The third-order valence-electron chi connectivity index (χ3n) is 4.41. The molecule has 0 spiro atoms. The maximum absolute atomic E-state index is 12.6. The lowest BCUT2D eigenvalue weighted by atomic mass is 9.86. The average Bonchev–Trinajstić information content (AvgIpc) is 2.62. The van der Waals surface area contributed by atoms with Crippen LogP contribution in [0.15, 0.2) is 48.5 Å². The number of phenols is 1. The Kier molecular flexibility index (Phi) is 6.61. The number of aromatic hydroxyl groups is 1. The first-order valence-electron chi connectivity index (χ1n) is 8.95. The van der Waals surface area contributed by atoms with E-state index in [1.165, 1.54) is 7.11 Å². The molecule has 0 fully saturated rings. The van der Waals surface area contributed by atoms with E-state index in [4.69, 9.17) is 4.74 Å². The van der Waals surface area contributed by atoms with Crippen LogP contribution in [-0.4, -0.2) is 30.1 Å². The molecule has 0 bridgehead atoms. The minimum Gasteiger partial charge on any atom is -0.508 e. The van der Waals surface area contributed by atoms with Gasteiger partial charge in [0.2, 0.25) is 0 Å². The van der Waals surface area contributed by atoms with E-state index in [1.807, 2.05) is 12.1 Å². The third kappa shape index (κ3) is 6.13. The molecule has 1 unspecified atom stereocenters. The second-order valence-corrected chi connectivity index (χ2v) is 7.65. The highest BCUT2D eigenvalue weighted by atomic mass is 16.5. The van der Waals surface area contributed by atoms with Crippen LogP contribution in [0.5, 0.6) is 5.75 Å². The lowest BCUT2D eigenvalue weighted by molar-refractivity contribution is -0.141. The fourth-order valence-electron chi connectivity index (χ4n) is 2.77. The van der Waals surface area contributed by atoms with Gasteiger partial charge >= 0.3 is 5.97 Å². The standard InChI is InChI=1S/C22H27NO4/c1-22(2,3)17-9-7-16(8-10-17)21(26)23-18(14-20(25)27-4)13-15-5-11-19(24)12-6-15/h5-12,18,24H,13-14H2,1-4H3,(H,23,26). The van der Waals surface area contributed by atoms with E-state index in [1.54, 1.807) is 36.4 Å². The summed E-state index contributed by atoms with van der Waals surface area (Å²) in [6.45, 7) is 6.35. The molecule has 2 aromatic rings. The van der Waals surface area contributed by atoms with Crippen molar-refractivity contribution in [2.75, 3.05) is 7.11 Å². The van der Waals surface area contributed by atoms with Crippen molar-refractivity contribution >= 4 is 11.9 Å². The number of carbonyl (C=O) groups excluding carboxylic acids is 2. The van der Waals surface area contributed by atoms with Crippen molar-refractivity contribution in [3.8, 4) is 5.75 Å². The zero-order valence-electron chi connectivity index (χ0n) is 16.3. The van der Waals surface area contributed by atoms with E-state index in [0.29, 0.717) is 12.0 Å². The van der Waals surface area contributed by atoms with Gasteiger partial charge in [0.15, 0.2) is 0 Å². The predicted octanol–water partition coefficient (Wildman–Crippen LogP) is 3.59. The van der Waals surface area contributed by atoms with Crippen LogP contribution in [-0.2, 0) is 21.4 Å². The highest BCUT2D eigenvalue weighted by Gasteiger charge is 2.19. The van der Waals surface area contributed by atoms with E-state index < -0.39 is 6.04 Å². The number of hydrogen-bond acceptors (Lipinski definition) is 4. The summed E-state index contributed by atoms with van der Waals surface area (Å²) in [7, 11) is 1.33. The first kappa shape index (κ1) is 20.5. The molecule has 27 heavy (non-hydrogen) atoms. The number of methoxy groups -OCH3 is 1. The lowest BCUT2D eigenvalue weighted by Gasteiger charge is -2.20. The van der Waals surface area contributed by atoms with Gasteiger partial charge in [-0.2, -0.15) is 0 Å². The van der Waals surface area contributed by atoms with Crippen LogP contribution in [0.25, 0.3) is 0 Å². The molecule has 0 heterocycles. The summed E-state index contributed by atoms with van der Waals surface area (Å²) in [4.78, 5) is 24.4. The Balaban J connectivity index is 2.12. The molecule has 1 amide bonds. The van der Waals surface area contributed by atoms with Crippen molar-refractivity contribution < 1.29 is 19.4 Å². The van der Waals surface area contributed by atoms with Crippen LogP contribution < -0.4 is 5.32 Å². The monoisotopic (exact) mass is 369 g/mol. The van der Waals surface area contributed by atoms with Crippen molar-refractivity contribution in [1.29, 1.82) is 0 Å². The van der Waals surface area contributed by atoms with E-state index in [2.05, 4.69) is 26.1 Å². The Morgan fingerprint density at radius 2 is 1.63 bits per heavy atom. The Bertz CT molecular complexity index is 773. The number of hydrogen-bond donors (Lipinski definition) is 2. The van der Waals surface area contributed by atoms with Gasteiger partial charge in [0.25, 0.3) is 5.91 Å². The van der Waals surface area contributed by atoms with Crippen molar-refractivity contribution in [1.82, 2.24) is 5.32 Å². The maximum Gasteiger partial charge on any atom is 0.307 e. The fraction of sp³-hybridized carbons (Fsp3) is 0.364. The first-order valence-corrected chi connectivity index (χ1v) is 8.95. The van der Waals surface area contributed by atoms with Crippen LogP contribution in [0, 0.1) is 0 Å². The van der Waals surface area contributed by atoms with Gasteiger partial charge in [-0.1, -0.05) is 45.0 Å². The SMILES string of the molecule is COC(=O)CC(Cc1ccc(O)cc1)NC(=O)c1ccc(C(C)(C)C)cc1. The molecule has 0 saturated carbocycles. The fourth-order valence-corrected chi connectivity index (χ4v) is 2.77. The maximum atomic E-state index is 12.6. The van der Waals surface area contributed by atoms with Crippen molar-refractivity contribution in [3.05, 3.63) is 65.2 Å². The third-order valence-corrected chi connectivity index (χ3v) is 4.41. The van der Waals surface area contributed by atoms with E-state index in [-0.39, 0.29) is 29.5 Å². The smallest absolute Gasteiger partial charge is 0.307 e. The second-order valence-electron chi connectivity index (χ2n) is 7.65. The highest BCUT2D eigenvalue weighted by Crippen LogP contribution is 2.22. The summed E-state index contributed by atoms with van der Waals surface area (Å²) in [6, 6.07) is 13.8. The molecule has 5 nitrogen and oxygen atoms in total. The van der Waals surface area contributed by atoms with E-state index in [9.17, 15) is 14.7 Å². The van der Waals surface area contributed by atoms with Crippen LogP contribution in [0.4, 0.5) is 0 Å². The number of esters is 1. The zero-order chi connectivity index (χ0) is 20.0. The minimum atomic E-state index is -0.406. The van der Waals surface area contributed by atoms with Gasteiger partial charge < -0.3 is 15.2 Å². The summed E-state index contributed by atoms with van der Waals surface area (Å²) < 4.78 is 4.75. The topological polar surface area (TPSA) is 75.6 Å². The van der Waals surface area contributed by atoms with Crippen LogP contribution >= 0.6 is 0 Å².